The van der Waals surface area contributed by atoms with Gasteiger partial charge in [0.15, 0.2) is 0 Å². The van der Waals surface area contributed by atoms with Gasteiger partial charge in [-0.25, -0.2) is 9.59 Å². The molecule has 0 saturated carbocycles. The summed E-state index contributed by atoms with van der Waals surface area (Å²) in [5.41, 5.74) is 0. The molecule has 1 unspecified atom stereocenters. The monoisotopic (exact) mass is 268 g/mol. The van der Waals surface area contributed by atoms with Gasteiger partial charge in [-0.1, -0.05) is 39.0 Å². The Balaban J connectivity index is 2.41. The Morgan fingerprint density at radius 2 is 1.47 bits per heavy atom. The van der Waals surface area contributed by atoms with Crippen molar-refractivity contribution in [2.45, 2.75) is 51.9 Å². The van der Waals surface area contributed by atoms with Crippen LogP contribution in [0.5, 0.6) is 0 Å². The highest BCUT2D eigenvalue weighted by Crippen LogP contribution is 2.12. The summed E-state index contributed by atoms with van der Waals surface area (Å²) in [6.45, 7) is 2.92. The van der Waals surface area contributed by atoms with Crippen LogP contribution in [0.1, 0.15) is 51.9 Å². The van der Waals surface area contributed by atoms with E-state index >= 15 is 0 Å². The van der Waals surface area contributed by atoms with E-state index in [2.05, 4.69) is 6.92 Å². The first-order valence-electron chi connectivity index (χ1n) is 7.20. The van der Waals surface area contributed by atoms with E-state index < -0.39 is 11.9 Å². The molecule has 0 aliphatic carbocycles. The maximum Gasteiger partial charge on any atom is 0.331 e. The molecular formula is C15H24O4. The van der Waals surface area contributed by atoms with E-state index in [1.165, 1.54) is 25.7 Å². The number of esters is 2. The van der Waals surface area contributed by atoms with Crippen molar-refractivity contribution < 1.29 is 19.1 Å². The third-order valence-corrected chi connectivity index (χ3v) is 3.20. The topological polar surface area (TPSA) is 52.6 Å². The minimum atomic E-state index is -0.476. The van der Waals surface area contributed by atoms with Crippen LogP contribution in [0.4, 0.5) is 0 Å². The van der Waals surface area contributed by atoms with Crippen LogP contribution in [0.25, 0.3) is 0 Å². The molecule has 1 rings (SSSR count). The highest BCUT2D eigenvalue weighted by atomic mass is 16.5. The number of ether oxygens (including phenoxy) is 2. The molecule has 4 heteroatoms. The Kier molecular flexibility index (Phi) is 7.94. The molecule has 1 atom stereocenters. The van der Waals surface area contributed by atoms with Crippen LogP contribution in [0.15, 0.2) is 12.2 Å². The zero-order valence-electron chi connectivity index (χ0n) is 11.7. The van der Waals surface area contributed by atoms with Gasteiger partial charge in [-0.05, 0) is 18.8 Å². The van der Waals surface area contributed by atoms with Crippen molar-refractivity contribution in [3.8, 4) is 0 Å². The van der Waals surface area contributed by atoms with Crippen LogP contribution >= 0.6 is 0 Å². The van der Waals surface area contributed by atoms with Gasteiger partial charge < -0.3 is 9.47 Å². The molecule has 0 amide bonds. The maximum absolute atomic E-state index is 11.4. The average molecular weight is 268 g/mol. The molecule has 0 spiro atoms. The lowest BCUT2D eigenvalue weighted by Crippen LogP contribution is -2.11. The fourth-order valence-electron chi connectivity index (χ4n) is 2.01. The van der Waals surface area contributed by atoms with Crippen molar-refractivity contribution in [2.75, 3.05) is 13.2 Å². The van der Waals surface area contributed by atoms with Crippen molar-refractivity contribution >= 4 is 11.9 Å². The molecule has 0 aromatic heterocycles. The molecule has 0 aromatic carbocycles. The number of carbonyl (C=O) groups is 2. The van der Waals surface area contributed by atoms with Crippen molar-refractivity contribution in [1.82, 2.24) is 0 Å². The highest BCUT2D eigenvalue weighted by Gasteiger charge is 2.06. The molecule has 0 N–H and O–H groups in total. The van der Waals surface area contributed by atoms with E-state index in [9.17, 15) is 9.59 Å². The van der Waals surface area contributed by atoms with Crippen LogP contribution in [0.3, 0.4) is 0 Å². The largest absolute Gasteiger partial charge is 0.463 e. The lowest BCUT2D eigenvalue weighted by Gasteiger charge is -2.11. The van der Waals surface area contributed by atoms with Gasteiger partial charge in [0, 0.05) is 12.2 Å². The van der Waals surface area contributed by atoms with Crippen molar-refractivity contribution in [3.63, 3.8) is 0 Å². The molecule has 108 valence electrons. The molecule has 4 nitrogen and oxygen atoms in total. The summed E-state index contributed by atoms with van der Waals surface area (Å²) in [6, 6.07) is 0. The first kappa shape index (κ1) is 15.7. The third-order valence-electron chi connectivity index (χ3n) is 3.20. The molecule has 1 heterocycles. The standard InChI is InChI=1S/C15H24O4/c1-13-8-6-4-2-3-5-7-11-18-14(16)9-10-15(17)19-12-13/h9-10,13H,2-8,11-12H2,1H3. The van der Waals surface area contributed by atoms with Gasteiger partial charge >= 0.3 is 11.9 Å². The molecule has 0 radical (unpaired) electrons. The average Bonchev–Trinajstić information content (AvgIpc) is 2.40. The van der Waals surface area contributed by atoms with E-state index in [1.54, 1.807) is 0 Å². The Bertz CT molecular complexity index is 309. The van der Waals surface area contributed by atoms with Crippen LogP contribution in [0.2, 0.25) is 0 Å². The second-order valence-electron chi connectivity index (χ2n) is 5.15. The second kappa shape index (κ2) is 9.59. The number of cyclic esters (lactones) is 2. The first-order chi connectivity index (χ1) is 9.18. The molecule has 0 bridgehead atoms. The molecule has 1 aliphatic rings. The normalized spacial score (nSPS) is 24.6. The van der Waals surface area contributed by atoms with Gasteiger partial charge in [0.2, 0.25) is 0 Å². The summed E-state index contributed by atoms with van der Waals surface area (Å²) in [5, 5.41) is 0. The minimum absolute atomic E-state index is 0.372. The second-order valence-corrected chi connectivity index (χ2v) is 5.15. The lowest BCUT2D eigenvalue weighted by molar-refractivity contribution is -0.141. The molecule has 19 heavy (non-hydrogen) atoms. The summed E-state index contributed by atoms with van der Waals surface area (Å²) >= 11 is 0. The van der Waals surface area contributed by atoms with Gasteiger partial charge in [0.05, 0.1) is 13.2 Å². The van der Waals surface area contributed by atoms with Gasteiger partial charge in [-0.2, -0.15) is 0 Å². The lowest BCUT2D eigenvalue weighted by atomic mass is 10.0. The SMILES string of the molecule is CC1CCCCCCCCOC(=O)C=CC(=O)OC1. The summed E-state index contributed by atoms with van der Waals surface area (Å²) in [4.78, 5) is 22.6. The highest BCUT2D eigenvalue weighted by molar-refractivity contribution is 5.91. The van der Waals surface area contributed by atoms with E-state index in [4.69, 9.17) is 9.47 Å². The van der Waals surface area contributed by atoms with Crippen molar-refractivity contribution in [2.24, 2.45) is 5.92 Å². The maximum atomic E-state index is 11.4. The minimum Gasteiger partial charge on any atom is -0.463 e. The summed E-state index contributed by atoms with van der Waals surface area (Å²) in [6.07, 6.45) is 10.2. The fourth-order valence-corrected chi connectivity index (χ4v) is 2.01. The zero-order chi connectivity index (χ0) is 13.9. The number of hydrogen-bond donors (Lipinski definition) is 0. The van der Waals surface area contributed by atoms with E-state index in [0.29, 0.717) is 19.1 Å². The van der Waals surface area contributed by atoms with E-state index in [0.717, 1.165) is 31.4 Å². The predicted molar refractivity (Wildman–Crippen MR) is 72.5 cm³/mol. The fraction of sp³-hybridized carbons (Fsp3) is 0.733. The molecule has 0 saturated heterocycles. The molecule has 1 aliphatic heterocycles. The number of hydrogen-bond acceptors (Lipinski definition) is 4. The van der Waals surface area contributed by atoms with Gasteiger partial charge in [-0.15, -0.1) is 0 Å². The van der Waals surface area contributed by atoms with Crippen LogP contribution in [0, 0.1) is 5.92 Å². The summed E-state index contributed by atoms with van der Waals surface area (Å²) < 4.78 is 10.0. The van der Waals surface area contributed by atoms with Crippen molar-refractivity contribution in [3.05, 3.63) is 12.2 Å². The molecule has 0 aromatic rings. The predicted octanol–water partition coefficient (Wildman–Crippen LogP) is 3.01. The van der Waals surface area contributed by atoms with Crippen LogP contribution in [-0.4, -0.2) is 25.2 Å². The Hall–Kier alpha value is -1.32. The van der Waals surface area contributed by atoms with Gasteiger partial charge in [0.1, 0.15) is 0 Å². The molecule has 0 fully saturated rings. The number of rotatable bonds is 0. The zero-order valence-corrected chi connectivity index (χ0v) is 11.7. The smallest absolute Gasteiger partial charge is 0.331 e. The number of carbonyl (C=O) groups excluding carboxylic acids is 2. The summed E-state index contributed by atoms with van der Waals surface area (Å²) in [7, 11) is 0. The van der Waals surface area contributed by atoms with Gasteiger partial charge in [-0.3, -0.25) is 0 Å². The van der Waals surface area contributed by atoms with Gasteiger partial charge in [0.25, 0.3) is 0 Å². The van der Waals surface area contributed by atoms with Crippen LogP contribution in [-0.2, 0) is 19.1 Å². The third kappa shape index (κ3) is 8.41. The first-order valence-corrected chi connectivity index (χ1v) is 7.20. The van der Waals surface area contributed by atoms with Crippen LogP contribution < -0.4 is 0 Å². The van der Waals surface area contributed by atoms with E-state index in [1.807, 2.05) is 0 Å². The van der Waals surface area contributed by atoms with E-state index in [-0.39, 0.29) is 0 Å². The Morgan fingerprint density at radius 3 is 2.21 bits per heavy atom. The Labute approximate surface area is 115 Å². The summed E-state index contributed by atoms with van der Waals surface area (Å²) in [5.74, 6) is -0.579. The van der Waals surface area contributed by atoms with Crippen molar-refractivity contribution in [1.29, 1.82) is 0 Å². The Morgan fingerprint density at radius 1 is 0.895 bits per heavy atom. The quantitative estimate of drug-likeness (QED) is 0.634. The molecular weight excluding hydrogens is 244 g/mol.